The highest BCUT2D eigenvalue weighted by Crippen LogP contribution is 2.43. The van der Waals surface area contributed by atoms with Crippen LogP contribution in [0.15, 0.2) is 0 Å². The van der Waals surface area contributed by atoms with E-state index in [1.807, 2.05) is 0 Å². The quantitative estimate of drug-likeness (QED) is 0.711. The van der Waals surface area contributed by atoms with E-state index >= 15 is 0 Å². The van der Waals surface area contributed by atoms with E-state index in [4.69, 9.17) is 5.73 Å². The standard InChI is InChI=1S/C16H32N2/c1-2-15(10-7-11-15)13-18-14-16(12-17)8-5-3-4-6-9-16/h18H,2-14,17H2,1H3. The van der Waals surface area contributed by atoms with Crippen molar-refractivity contribution in [2.45, 2.75) is 71.1 Å². The maximum Gasteiger partial charge on any atom is 0.00201 e. The van der Waals surface area contributed by atoms with Gasteiger partial charge < -0.3 is 11.1 Å². The molecule has 0 saturated heterocycles. The lowest BCUT2D eigenvalue weighted by Crippen LogP contribution is -2.46. The van der Waals surface area contributed by atoms with Crippen molar-refractivity contribution in [2.24, 2.45) is 16.6 Å². The molecule has 0 aromatic heterocycles. The highest BCUT2D eigenvalue weighted by atomic mass is 14.9. The zero-order chi connectivity index (χ0) is 12.9. The van der Waals surface area contributed by atoms with Gasteiger partial charge >= 0.3 is 0 Å². The molecule has 0 bridgehead atoms. The summed E-state index contributed by atoms with van der Waals surface area (Å²) in [5.74, 6) is 0. The van der Waals surface area contributed by atoms with Gasteiger partial charge in [-0.1, -0.05) is 39.0 Å². The van der Waals surface area contributed by atoms with E-state index in [1.54, 1.807) is 0 Å². The Morgan fingerprint density at radius 3 is 1.83 bits per heavy atom. The van der Waals surface area contributed by atoms with Gasteiger partial charge in [0.05, 0.1) is 0 Å². The van der Waals surface area contributed by atoms with Gasteiger partial charge in [-0.2, -0.15) is 0 Å². The van der Waals surface area contributed by atoms with Gasteiger partial charge in [-0.15, -0.1) is 0 Å². The molecule has 2 rings (SSSR count). The Morgan fingerprint density at radius 2 is 1.39 bits per heavy atom. The van der Waals surface area contributed by atoms with Gasteiger partial charge in [0.25, 0.3) is 0 Å². The second kappa shape index (κ2) is 6.38. The highest BCUT2D eigenvalue weighted by Gasteiger charge is 2.36. The number of rotatable bonds is 6. The molecular weight excluding hydrogens is 220 g/mol. The van der Waals surface area contributed by atoms with E-state index in [-0.39, 0.29) is 0 Å². The molecule has 0 aliphatic heterocycles. The molecule has 0 unspecified atom stereocenters. The summed E-state index contributed by atoms with van der Waals surface area (Å²) in [6.07, 6.45) is 14.0. The normalized spacial score (nSPS) is 26.3. The Morgan fingerprint density at radius 1 is 0.833 bits per heavy atom. The van der Waals surface area contributed by atoms with E-state index in [2.05, 4.69) is 12.2 Å². The van der Waals surface area contributed by atoms with Crippen LogP contribution in [-0.4, -0.2) is 19.6 Å². The van der Waals surface area contributed by atoms with Crippen molar-refractivity contribution in [3.8, 4) is 0 Å². The van der Waals surface area contributed by atoms with Crippen molar-refractivity contribution in [3.63, 3.8) is 0 Å². The van der Waals surface area contributed by atoms with Crippen molar-refractivity contribution >= 4 is 0 Å². The molecule has 2 fully saturated rings. The summed E-state index contributed by atoms with van der Waals surface area (Å²) in [7, 11) is 0. The average molecular weight is 252 g/mol. The number of nitrogens with one attached hydrogen (secondary N) is 1. The average Bonchev–Trinajstić information content (AvgIpc) is 2.59. The lowest BCUT2D eigenvalue weighted by Gasteiger charge is -2.43. The smallest absolute Gasteiger partial charge is 0.00201 e. The summed E-state index contributed by atoms with van der Waals surface area (Å²) < 4.78 is 0. The van der Waals surface area contributed by atoms with Gasteiger partial charge in [0.1, 0.15) is 0 Å². The van der Waals surface area contributed by atoms with Crippen LogP contribution < -0.4 is 11.1 Å². The van der Waals surface area contributed by atoms with E-state index in [1.165, 1.54) is 70.8 Å². The van der Waals surface area contributed by atoms with Crippen LogP contribution in [0.3, 0.4) is 0 Å². The van der Waals surface area contributed by atoms with Crippen LogP contribution in [0.1, 0.15) is 71.1 Å². The lowest BCUT2D eigenvalue weighted by atomic mass is 9.67. The van der Waals surface area contributed by atoms with Gasteiger partial charge in [-0.25, -0.2) is 0 Å². The van der Waals surface area contributed by atoms with Crippen LogP contribution in [0, 0.1) is 10.8 Å². The molecule has 18 heavy (non-hydrogen) atoms. The highest BCUT2D eigenvalue weighted by molar-refractivity contribution is 4.91. The Kier molecular flexibility index (Phi) is 5.08. The van der Waals surface area contributed by atoms with Crippen molar-refractivity contribution in [1.82, 2.24) is 5.32 Å². The Balaban J connectivity index is 1.79. The summed E-state index contributed by atoms with van der Waals surface area (Å²) in [5, 5.41) is 3.79. The molecule has 0 aromatic rings. The molecule has 2 heteroatoms. The minimum atomic E-state index is 0.412. The van der Waals surface area contributed by atoms with Gasteiger partial charge in [-0.05, 0) is 49.5 Å². The van der Waals surface area contributed by atoms with Gasteiger partial charge in [0.15, 0.2) is 0 Å². The largest absolute Gasteiger partial charge is 0.330 e. The van der Waals surface area contributed by atoms with Crippen molar-refractivity contribution in [3.05, 3.63) is 0 Å². The molecule has 0 radical (unpaired) electrons. The van der Waals surface area contributed by atoms with Crippen LogP contribution in [-0.2, 0) is 0 Å². The van der Waals surface area contributed by atoms with Crippen molar-refractivity contribution in [1.29, 1.82) is 0 Å². The third kappa shape index (κ3) is 3.27. The van der Waals surface area contributed by atoms with Crippen LogP contribution >= 0.6 is 0 Å². The van der Waals surface area contributed by atoms with E-state index < -0.39 is 0 Å². The third-order valence-corrected chi connectivity index (χ3v) is 5.76. The fourth-order valence-corrected chi connectivity index (χ4v) is 3.86. The molecule has 2 nitrogen and oxygen atoms in total. The Bertz CT molecular complexity index is 232. The van der Waals surface area contributed by atoms with Crippen LogP contribution in [0.25, 0.3) is 0 Å². The van der Waals surface area contributed by atoms with Gasteiger partial charge in [-0.3, -0.25) is 0 Å². The summed E-state index contributed by atoms with van der Waals surface area (Å²) in [5.41, 5.74) is 7.15. The maximum atomic E-state index is 6.10. The molecular formula is C16H32N2. The molecule has 0 aromatic carbocycles. The first-order valence-corrected chi connectivity index (χ1v) is 8.15. The first-order chi connectivity index (χ1) is 8.74. The topological polar surface area (TPSA) is 38.0 Å². The predicted octanol–water partition coefficient (Wildman–Crippen LogP) is 3.46. The van der Waals surface area contributed by atoms with Gasteiger partial charge in [0.2, 0.25) is 0 Å². The van der Waals surface area contributed by atoms with E-state index in [0.717, 1.165) is 13.1 Å². The van der Waals surface area contributed by atoms with Crippen LogP contribution in [0.2, 0.25) is 0 Å². The zero-order valence-corrected chi connectivity index (χ0v) is 12.3. The van der Waals surface area contributed by atoms with Crippen molar-refractivity contribution < 1.29 is 0 Å². The number of hydrogen-bond acceptors (Lipinski definition) is 2. The Labute approximate surface area is 113 Å². The summed E-state index contributed by atoms with van der Waals surface area (Å²) in [6, 6.07) is 0. The first-order valence-electron chi connectivity index (χ1n) is 8.15. The lowest BCUT2D eigenvalue weighted by molar-refractivity contribution is 0.114. The monoisotopic (exact) mass is 252 g/mol. The van der Waals surface area contributed by atoms with Crippen LogP contribution in [0.5, 0.6) is 0 Å². The molecule has 0 atom stereocenters. The fourth-order valence-electron chi connectivity index (χ4n) is 3.86. The van der Waals surface area contributed by atoms with E-state index in [9.17, 15) is 0 Å². The minimum Gasteiger partial charge on any atom is -0.330 e. The molecule has 0 amide bonds. The third-order valence-electron chi connectivity index (χ3n) is 5.76. The molecule has 2 saturated carbocycles. The summed E-state index contributed by atoms with van der Waals surface area (Å²) >= 11 is 0. The number of nitrogens with two attached hydrogens (primary N) is 1. The molecule has 2 aliphatic carbocycles. The summed E-state index contributed by atoms with van der Waals surface area (Å²) in [6.45, 7) is 5.61. The first kappa shape index (κ1) is 14.3. The van der Waals surface area contributed by atoms with Gasteiger partial charge in [0, 0.05) is 13.1 Å². The fraction of sp³-hybridized carbons (Fsp3) is 1.00. The second-order valence-electron chi connectivity index (χ2n) is 6.93. The molecule has 0 spiro atoms. The maximum absolute atomic E-state index is 6.10. The predicted molar refractivity (Wildman–Crippen MR) is 78.6 cm³/mol. The number of hydrogen-bond donors (Lipinski definition) is 2. The SMILES string of the molecule is CCC1(CNCC2(CN)CCCCCC2)CCC1. The zero-order valence-electron chi connectivity index (χ0n) is 12.3. The van der Waals surface area contributed by atoms with Crippen LogP contribution in [0.4, 0.5) is 0 Å². The van der Waals surface area contributed by atoms with Crippen molar-refractivity contribution in [2.75, 3.05) is 19.6 Å². The molecule has 106 valence electrons. The second-order valence-corrected chi connectivity index (χ2v) is 6.93. The van der Waals surface area contributed by atoms with E-state index in [0.29, 0.717) is 10.8 Å². The summed E-state index contributed by atoms with van der Waals surface area (Å²) in [4.78, 5) is 0. The molecule has 2 aliphatic rings. The minimum absolute atomic E-state index is 0.412. The Hall–Kier alpha value is -0.0800. The molecule has 0 heterocycles. The molecule has 3 N–H and O–H groups in total.